The van der Waals surface area contributed by atoms with Crippen LogP contribution in [0.2, 0.25) is 0 Å². The number of hydrazine groups is 1. The minimum absolute atomic E-state index is 0.0230. The number of hydrogen-bond acceptors (Lipinski definition) is 5. The van der Waals surface area contributed by atoms with Crippen LogP contribution < -0.4 is 20.9 Å². The summed E-state index contributed by atoms with van der Waals surface area (Å²) < 4.78 is 7.15. The number of benzene rings is 1. The van der Waals surface area contributed by atoms with Crippen LogP contribution in [0.4, 0.5) is 0 Å². The molecule has 0 unspecified atom stereocenters. The average Bonchev–Trinajstić information content (AvgIpc) is 3.10. The van der Waals surface area contributed by atoms with E-state index in [0.717, 1.165) is 19.4 Å². The molecule has 142 valence electrons. The van der Waals surface area contributed by atoms with Crippen molar-refractivity contribution in [1.29, 1.82) is 0 Å². The van der Waals surface area contributed by atoms with Gasteiger partial charge in [0.1, 0.15) is 5.75 Å². The third-order valence-electron chi connectivity index (χ3n) is 3.04. The maximum absolute atomic E-state index is 11.9. The van der Waals surface area contributed by atoms with Crippen molar-refractivity contribution < 1.29 is 14.3 Å². The van der Waals surface area contributed by atoms with Gasteiger partial charge >= 0.3 is 0 Å². The van der Waals surface area contributed by atoms with Gasteiger partial charge in [-0.3, -0.25) is 25.8 Å². The molecule has 1 aromatic carbocycles. The summed E-state index contributed by atoms with van der Waals surface area (Å²) in [7, 11) is 0. The van der Waals surface area contributed by atoms with E-state index in [2.05, 4.69) is 48.0 Å². The molecule has 10 heteroatoms. The van der Waals surface area contributed by atoms with E-state index in [1.54, 1.807) is 6.08 Å². The molecule has 0 bridgehead atoms. The molecule has 0 spiro atoms. The van der Waals surface area contributed by atoms with Gasteiger partial charge < -0.3 is 4.74 Å². The lowest BCUT2D eigenvalue weighted by Gasteiger charge is -2.13. The van der Waals surface area contributed by atoms with Gasteiger partial charge in [0.25, 0.3) is 5.91 Å². The fraction of sp³-hybridized carbons (Fsp3) is 0.118. The third kappa shape index (κ3) is 7.41. The van der Waals surface area contributed by atoms with Gasteiger partial charge in [-0.25, -0.2) is 0 Å². The highest BCUT2D eigenvalue weighted by Gasteiger charge is 2.10. The Bertz CT molecular complexity index is 847. The number of aryl methyl sites for hydroxylation is 1. The smallest absolute Gasteiger partial charge is 0.276 e. The summed E-state index contributed by atoms with van der Waals surface area (Å²) in [6, 6.07) is 7.48. The molecule has 0 radical (unpaired) electrons. The molecule has 6 nitrogen and oxygen atoms in total. The van der Waals surface area contributed by atoms with Crippen LogP contribution in [-0.4, -0.2) is 23.5 Å². The topological polar surface area (TPSA) is 79.5 Å². The van der Waals surface area contributed by atoms with Crippen LogP contribution in [0.15, 0.2) is 44.7 Å². The predicted octanol–water partition coefficient (Wildman–Crippen LogP) is 3.70. The fourth-order valence-electron chi connectivity index (χ4n) is 1.90. The van der Waals surface area contributed by atoms with Crippen LogP contribution in [0.1, 0.15) is 10.4 Å². The second-order valence-corrected chi connectivity index (χ2v) is 8.32. The second kappa shape index (κ2) is 10.5. The van der Waals surface area contributed by atoms with Gasteiger partial charge in [0.05, 0.1) is 4.47 Å². The van der Waals surface area contributed by atoms with Gasteiger partial charge in [-0.2, -0.15) is 0 Å². The molecule has 0 saturated carbocycles. The maximum Gasteiger partial charge on any atom is 0.276 e. The van der Waals surface area contributed by atoms with E-state index in [0.29, 0.717) is 5.75 Å². The summed E-state index contributed by atoms with van der Waals surface area (Å²) >= 11 is 13.2. The molecule has 0 aliphatic rings. The molecular weight excluding hydrogens is 518 g/mol. The van der Waals surface area contributed by atoms with Crippen molar-refractivity contribution in [3.8, 4) is 5.75 Å². The zero-order chi connectivity index (χ0) is 19.8. The quantitative estimate of drug-likeness (QED) is 0.311. The van der Waals surface area contributed by atoms with Crippen LogP contribution in [0.5, 0.6) is 5.75 Å². The summed E-state index contributed by atoms with van der Waals surface area (Å²) in [5.41, 5.74) is 5.68. The van der Waals surface area contributed by atoms with Crippen LogP contribution in [-0.2, 0) is 9.59 Å². The Morgan fingerprint density at radius 3 is 2.74 bits per heavy atom. The zero-order valence-corrected chi connectivity index (χ0v) is 18.9. The Morgan fingerprint density at radius 1 is 1.30 bits per heavy atom. The summed E-state index contributed by atoms with van der Waals surface area (Å²) in [5.74, 6) is -0.279. The van der Waals surface area contributed by atoms with E-state index in [-0.39, 0.29) is 11.7 Å². The Morgan fingerprint density at radius 2 is 2.07 bits per heavy atom. The first-order valence-electron chi connectivity index (χ1n) is 7.55. The first-order chi connectivity index (χ1) is 12.8. The fourth-order valence-corrected chi connectivity index (χ4v) is 4.22. The third-order valence-corrected chi connectivity index (χ3v) is 5.12. The SMILES string of the molecule is Cc1cc(Br)cc(Br)c1OCC(=O)NNC(=S)NC(=O)/C=C/c1cccs1. The predicted molar refractivity (Wildman–Crippen MR) is 117 cm³/mol. The van der Waals surface area contributed by atoms with E-state index in [9.17, 15) is 9.59 Å². The van der Waals surface area contributed by atoms with Gasteiger partial charge in [-0.15, -0.1) is 11.3 Å². The van der Waals surface area contributed by atoms with Crippen molar-refractivity contribution >= 4 is 78.4 Å². The highest BCUT2D eigenvalue weighted by molar-refractivity contribution is 9.11. The molecule has 27 heavy (non-hydrogen) atoms. The number of ether oxygens (including phenoxy) is 1. The Hall–Kier alpha value is -1.75. The normalized spacial score (nSPS) is 10.5. The average molecular weight is 533 g/mol. The van der Waals surface area contributed by atoms with Crippen LogP contribution >= 0.6 is 55.4 Å². The molecule has 2 rings (SSSR count). The minimum atomic E-state index is -0.449. The summed E-state index contributed by atoms with van der Waals surface area (Å²) in [4.78, 5) is 24.6. The molecule has 0 atom stereocenters. The monoisotopic (exact) mass is 531 g/mol. The van der Waals surface area contributed by atoms with E-state index < -0.39 is 11.8 Å². The van der Waals surface area contributed by atoms with Crippen molar-refractivity contribution in [3.63, 3.8) is 0 Å². The number of halogens is 2. The van der Waals surface area contributed by atoms with Crippen LogP contribution in [0, 0.1) is 6.92 Å². The first kappa shape index (κ1) is 21.5. The van der Waals surface area contributed by atoms with Crippen molar-refractivity contribution in [2.75, 3.05) is 6.61 Å². The molecule has 2 aromatic rings. The Labute approximate surface area is 182 Å². The van der Waals surface area contributed by atoms with Gasteiger partial charge in [-0.1, -0.05) is 22.0 Å². The lowest BCUT2D eigenvalue weighted by atomic mass is 10.2. The molecule has 1 heterocycles. The summed E-state index contributed by atoms with van der Waals surface area (Å²) in [5, 5.41) is 4.32. The van der Waals surface area contributed by atoms with Gasteiger partial charge in [0.15, 0.2) is 11.7 Å². The number of amides is 2. The van der Waals surface area contributed by atoms with E-state index in [4.69, 9.17) is 17.0 Å². The first-order valence-corrected chi connectivity index (χ1v) is 10.4. The number of nitrogens with one attached hydrogen (secondary N) is 3. The van der Waals surface area contributed by atoms with Crippen molar-refractivity contribution in [2.45, 2.75) is 6.92 Å². The molecule has 2 amide bonds. The Kier molecular flexibility index (Phi) is 8.42. The van der Waals surface area contributed by atoms with Crippen LogP contribution in [0.25, 0.3) is 6.08 Å². The lowest BCUT2D eigenvalue weighted by Crippen LogP contribution is -2.49. The number of thiocarbonyl (C=S) groups is 1. The standard InChI is InChI=1S/C17H15Br2N3O3S2/c1-10-7-11(18)8-13(19)16(10)25-9-15(24)21-22-17(26)20-14(23)5-4-12-3-2-6-27-12/h2-8H,9H2,1H3,(H,21,24)(H2,20,22,23,26)/b5-4+. The number of thiophene rings is 1. The van der Waals surface area contributed by atoms with Gasteiger partial charge in [0.2, 0.25) is 5.91 Å². The van der Waals surface area contributed by atoms with Gasteiger partial charge in [-0.05, 0) is 70.3 Å². The van der Waals surface area contributed by atoms with Crippen molar-refractivity contribution in [1.82, 2.24) is 16.2 Å². The van der Waals surface area contributed by atoms with E-state index >= 15 is 0 Å². The Balaban J connectivity index is 1.73. The lowest BCUT2D eigenvalue weighted by molar-refractivity contribution is -0.123. The number of carbonyl (C=O) groups is 2. The zero-order valence-electron chi connectivity index (χ0n) is 14.0. The highest BCUT2D eigenvalue weighted by atomic mass is 79.9. The summed E-state index contributed by atoms with van der Waals surface area (Å²) in [6.07, 6.45) is 3.03. The second-order valence-electron chi connectivity index (χ2n) is 5.16. The highest BCUT2D eigenvalue weighted by Crippen LogP contribution is 2.32. The van der Waals surface area contributed by atoms with E-state index in [1.807, 2.05) is 36.6 Å². The van der Waals surface area contributed by atoms with E-state index in [1.165, 1.54) is 17.4 Å². The largest absolute Gasteiger partial charge is 0.482 e. The van der Waals surface area contributed by atoms with Crippen molar-refractivity contribution in [2.24, 2.45) is 0 Å². The molecular formula is C17H15Br2N3O3S2. The molecule has 1 aromatic heterocycles. The maximum atomic E-state index is 11.9. The van der Waals surface area contributed by atoms with Gasteiger partial charge in [0, 0.05) is 15.4 Å². The molecule has 0 aliphatic carbocycles. The van der Waals surface area contributed by atoms with Crippen molar-refractivity contribution in [3.05, 3.63) is 55.1 Å². The number of hydrogen-bond donors (Lipinski definition) is 3. The minimum Gasteiger partial charge on any atom is -0.482 e. The van der Waals surface area contributed by atoms with Crippen LogP contribution in [0.3, 0.4) is 0 Å². The number of rotatable bonds is 5. The number of carbonyl (C=O) groups excluding carboxylic acids is 2. The summed E-state index contributed by atoms with van der Waals surface area (Å²) in [6.45, 7) is 1.65. The molecule has 0 saturated heterocycles. The molecule has 0 fully saturated rings. The molecule has 3 N–H and O–H groups in total. The molecule has 0 aliphatic heterocycles.